The van der Waals surface area contributed by atoms with Gasteiger partial charge >= 0.3 is 6.03 Å². The summed E-state index contributed by atoms with van der Waals surface area (Å²) < 4.78 is 0. The maximum Gasteiger partial charge on any atom is 0.325 e. The third-order valence-corrected chi connectivity index (χ3v) is 5.87. The molecule has 0 aromatic heterocycles. The Morgan fingerprint density at radius 1 is 1.22 bits per heavy atom. The van der Waals surface area contributed by atoms with E-state index < -0.39 is 17.5 Å². The second kappa shape index (κ2) is 8.07. The van der Waals surface area contributed by atoms with Crippen molar-refractivity contribution in [2.45, 2.75) is 57.0 Å². The minimum atomic E-state index is -0.834. The zero-order chi connectivity index (χ0) is 19.6. The molecule has 2 N–H and O–H groups in total. The lowest BCUT2D eigenvalue weighted by molar-refractivity contribution is -0.135. The van der Waals surface area contributed by atoms with Crippen LogP contribution in [0.3, 0.4) is 0 Å². The van der Waals surface area contributed by atoms with Crippen LogP contribution < -0.4 is 10.6 Å². The Morgan fingerprint density at radius 3 is 2.52 bits per heavy atom. The summed E-state index contributed by atoms with van der Waals surface area (Å²) in [4.78, 5) is 38.6. The smallest absolute Gasteiger partial charge is 0.325 e. The van der Waals surface area contributed by atoms with Crippen LogP contribution in [-0.2, 0) is 9.59 Å². The van der Waals surface area contributed by atoms with E-state index in [2.05, 4.69) is 10.6 Å². The van der Waals surface area contributed by atoms with Crippen molar-refractivity contribution in [3.8, 4) is 0 Å². The van der Waals surface area contributed by atoms with Gasteiger partial charge in [0.25, 0.3) is 5.91 Å². The minimum absolute atomic E-state index is 0.290. The first-order chi connectivity index (χ1) is 12.8. The summed E-state index contributed by atoms with van der Waals surface area (Å²) in [5, 5.41) is 6.58. The molecule has 1 aromatic rings. The molecule has 27 heavy (non-hydrogen) atoms. The number of halogens is 2. The molecule has 1 aliphatic heterocycles. The Kier molecular flexibility index (Phi) is 5.96. The Morgan fingerprint density at radius 2 is 1.89 bits per heavy atom. The highest BCUT2D eigenvalue weighted by Gasteiger charge is 2.51. The number of carbonyl (C=O) groups excluding carboxylic acids is 3. The SMILES string of the molecule is C[C@H](NC(=O)CN1C(=O)NC2(CCCCCC2)C1=O)c1ccc(Cl)cc1Cl. The number of benzene rings is 1. The van der Waals surface area contributed by atoms with E-state index in [4.69, 9.17) is 23.2 Å². The predicted octanol–water partition coefficient (Wildman–Crippen LogP) is 3.82. The Labute approximate surface area is 168 Å². The molecule has 1 saturated carbocycles. The van der Waals surface area contributed by atoms with Crippen molar-refractivity contribution in [1.82, 2.24) is 15.5 Å². The van der Waals surface area contributed by atoms with Crippen LogP contribution in [0.1, 0.15) is 57.1 Å². The fourth-order valence-electron chi connectivity index (χ4n) is 3.85. The molecule has 1 spiro atoms. The molecule has 2 aliphatic rings. The highest BCUT2D eigenvalue weighted by atomic mass is 35.5. The van der Waals surface area contributed by atoms with E-state index >= 15 is 0 Å². The third kappa shape index (κ3) is 4.22. The molecule has 6 nitrogen and oxygen atoms in total. The van der Waals surface area contributed by atoms with E-state index in [1.165, 1.54) is 0 Å². The van der Waals surface area contributed by atoms with E-state index in [0.29, 0.717) is 28.5 Å². The number of imide groups is 1. The van der Waals surface area contributed by atoms with Crippen molar-refractivity contribution < 1.29 is 14.4 Å². The Bertz CT molecular complexity index is 761. The van der Waals surface area contributed by atoms with Crippen LogP contribution in [0.25, 0.3) is 0 Å². The maximum absolute atomic E-state index is 12.9. The van der Waals surface area contributed by atoms with Gasteiger partial charge in [-0.25, -0.2) is 4.79 Å². The number of hydrogen-bond donors (Lipinski definition) is 2. The predicted molar refractivity (Wildman–Crippen MR) is 104 cm³/mol. The first kappa shape index (κ1) is 20.0. The number of nitrogens with one attached hydrogen (secondary N) is 2. The molecule has 0 unspecified atom stereocenters. The van der Waals surface area contributed by atoms with Crippen molar-refractivity contribution in [3.05, 3.63) is 33.8 Å². The molecule has 0 radical (unpaired) electrons. The van der Waals surface area contributed by atoms with Gasteiger partial charge in [0.2, 0.25) is 5.91 Å². The van der Waals surface area contributed by atoms with E-state index in [9.17, 15) is 14.4 Å². The van der Waals surface area contributed by atoms with E-state index in [1.54, 1.807) is 25.1 Å². The van der Waals surface area contributed by atoms with Crippen molar-refractivity contribution in [1.29, 1.82) is 0 Å². The fourth-order valence-corrected chi connectivity index (χ4v) is 4.42. The van der Waals surface area contributed by atoms with Crippen LogP contribution in [0.2, 0.25) is 10.0 Å². The van der Waals surface area contributed by atoms with Gasteiger partial charge in [-0.15, -0.1) is 0 Å². The average Bonchev–Trinajstić information content (AvgIpc) is 2.77. The lowest BCUT2D eigenvalue weighted by Gasteiger charge is -2.24. The number of hydrogen-bond acceptors (Lipinski definition) is 3. The van der Waals surface area contributed by atoms with Crippen molar-refractivity contribution in [3.63, 3.8) is 0 Å². The first-order valence-electron chi connectivity index (χ1n) is 9.21. The molecule has 4 amide bonds. The van der Waals surface area contributed by atoms with E-state index in [1.807, 2.05) is 0 Å². The molecule has 0 bridgehead atoms. The first-order valence-corrected chi connectivity index (χ1v) is 9.96. The molecule has 1 heterocycles. The van der Waals surface area contributed by atoms with Gasteiger partial charge in [0.1, 0.15) is 12.1 Å². The molecule has 8 heteroatoms. The van der Waals surface area contributed by atoms with Gasteiger partial charge in [-0.1, -0.05) is 55.0 Å². The molecular formula is C19H23Cl2N3O3. The van der Waals surface area contributed by atoms with Crippen molar-refractivity contribution in [2.75, 3.05) is 6.54 Å². The Balaban J connectivity index is 1.65. The molecule has 2 fully saturated rings. The lowest BCUT2D eigenvalue weighted by Crippen LogP contribution is -2.47. The van der Waals surface area contributed by atoms with Crippen LogP contribution in [0.4, 0.5) is 4.79 Å². The van der Waals surface area contributed by atoms with Gasteiger partial charge in [0.15, 0.2) is 0 Å². The van der Waals surface area contributed by atoms with Crippen LogP contribution in [0.15, 0.2) is 18.2 Å². The molecule has 1 aromatic carbocycles. The molecular weight excluding hydrogens is 389 g/mol. The number of urea groups is 1. The summed E-state index contributed by atoms with van der Waals surface area (Å²) in [6.07, 6.45) is 5.19. The summed E-state index contributed by atoms with van der Waals surface area (Å²) in [5.74, 6) is -0.704. The minimum Gasteiger partial charge on any atom is -0.348 e. The normalized spacial score (nSPS) is 20.3. The summed E-state index contributed by atoms with van der Waals surface area (Å²) in [6, 6.07) is 4.17. The topological polar surface area (TPSA) is 78.5 Å². The fraction of sp³-hybridized carbons (Fsp3) is 0.526. The molecule has 1 aliphatic carbocycles. The van der Waals surface area contributed by atoms with E-state index in [-0.39, 0.29) is 18.5 Å². The molecule has 3 rings (SSSR count). The maximum atomic E-state index is 12.9. The average molecular weight is 412 g/mol. The van der Waals surface area contributed by atoms with Gasteiger partial charge < -0.3 is 10.6 Å². The molecule has 146 valence electrons. The van der Waals surface area contributed by atoms with Crippen molar-refractivity contribution in [2.24, 2.45) is 0 Å². The van der Waals surface area contributed by atoms with Crippen LogP contribution in [0.5, 0.6) is 0 Å². The Hall–Kier alpha value is -1.79. The summed E-state index contributed by atoms with van der Waals surface area (Å²) >= 11 is 12.1. The van der Waals surface area contributed by atoms with Crippen LogP contribution in [0, 0.1) is 0 Å². The van der Waals surface area contributed by atoms with Crippen LogP contribution >= 0.6 is 23.2 Å². The number of amides is 4. The lowest BCUT2D eigenvalue weighted by atomic mass is 9.90. The van der Waals surface area contributed by atoms with Gasteiger partial charge in [-0.05, 0) is 37.5 Å². The standard InChI is InChI=1S/C19H23Cl2N3O3/c1-12(14-7-6-13(20)10-15(14)21)22-16(25)11-24-17(26)19(23-18(24)27)8-4-2-3-5-9-19/h6-7,10,12H,2-5,8-9,11H2,1H3,(H,22,25)(H,23,27)/t12-/m0/s1. The monoisotopic (exact) mass is 411 g/mol. The third-order valence-electron chi connectivity index (χ3n) is 5.31. The summed E-state index contributed by atoms with van der Waals surface area (Å²) in [5.41, 5.74) is -0.120. The van der Waals surface area contributed by atoms with Gasteiger partial charge in [0, 0.05) is 10.0 Å². The van der Waals surface area contributed by atoms with Gasteiger partial charge in [0.05, 0.1) is 6.04 Å². The zero-order valence-corrected chi connectivity index (χ0v) is 16.7. The zero-order valence-electron chi connectivity index (χ0n) is 15.2. The molecule has 1 atom stereocenters. The number of rotatable bonds is 4. The largest absolute Gasteiger partial charge is 0.348 e. The second-order valence-electron chi connectivity index (χ2n) is 7.27. The number of nitrogens with zero attached hydrogens (tertiary/aromatic N) is 1. The van der Waals surface area contributed by atoms with Crippen LogP contribution in [-0.4, -0.2) is 34.8 Å². The summed E-state index contributed by atoms with van der Waals surface area (Å²) in [7, 11) is 0. The number of carbonyl (C=O) groups is 3. The second-order valence-corrected chi connectivity index (χ2v) is 8.12. The van der Waals surface area contributed by atoms with E-state index in [0.717, 1.165) is 30.6 Å². The quantitative estimate of drug-likeness (QED) is 0.739. The molecule has 1 saturated heterocycles. The summed E-state index contributed by atoms with van der Waals surface area (Å²) in [6.45, 7) is 1.48. The highest BCUT2D eigenvalue weighted by molar-refractivity contribution is 6.35. The highest BCUT2D eigenvalue weighted by Crippen LogP contribution is 2.32. The van der Waals surface area contributed by atoms with Gasteiger partial charge in [-0.3, -0.25) is 14.5 Å². The van der Waals surface area contributed by atoms with Crippen molar-refractivity contribution >= 4 is 41.0 Å². The van der Waals surface area contributed by atoms with Gasteiger partial charge in [-0.2, -0.15) is 0 Å².